The topological polar surface area (TPSA) is 15.3 Å². The summed E-state index contributed by atoms with van der Waals surface area (Å²) in [7, 11) is 2.15. The van der Waals surface area contributed by atoms with Crippen LogP contribution in [0.15, 0.2) is 11.8 Å². The van der Waals surface area contributed by atoms with E-state index in [-0.39, 0.29) is 0 Å². The molecule has 9 heavy (non-hydrogen) atoms. The number of hydrogen-bond acceptors (Lipinski definition) is 2. The third-order valence-corrected chi connectivity index (χ3v) is 2.21. The Hall–Kier alpha value is -0.500. The molecule has 2 heteroatoms. The third-order valence-electron chi connectivity index (χ3n) is 2.21. The van der Waals surface area contributed by atoms with Crippen LogP contribution in [-0.4, -0.2) is 31.1 Å². The minimum absolute atomic E-state index is 0.784. The molecule has 0 amide bonds. The molecule has 0 aliphatic carbocycles. The van der Waals surface area contributed by atoms with Gasteiger partial charge < -0.3 is 10.2 Å². The van der Waals surface area contributed by atoms with E-state index in [1.165, 1.54) is 13.0 Å². The van der Waals surface area contributed by atoms with Crippen molar-refractivity contribution in [2.24, 2.45) is 0 Å². The Kier molecular flexibility index (Phi) is 1.02. The molecule has 2 aliphatic rings. The predicted molar refractivity (Wildman–Crippen MR) is 37.1 cm³/mol. The molecule has 0 spiro atoms. The molecular formula is C7H12N2. The summed E-state index contributed by atoms with van der Waals surface area (Å²) in [5.41, 5.74) is 1.59. The van der Waals surface area contributed by atoms with Crippen molar-refractivity contribution in [1.29, 1.82) is 0 Å². The van der Waals surface area contributed by atoms with Crippen LogP contribution in [0.4, 0.5) is 0 Å². The van der Waals surface area contributed by atoms with Gasteiger partial charge in [-0.3, -0.25) is 0 Å². The van der Waals surface area contributed by atoms with Gasteiger partial charge in [-0.15, -0.1) is 0 Å². The molecule has 50 valence electrons. The Labute approximate surface area is 55.5 Å². The maximum absolute atomic E-state index is 3.34. The van der Waals surface area contributed by atoms with E-state index in [9.17, 15) is 0 Å². The molecule has 2 rings (SSSR count). The highest BCUT2D eigenvalue weighted by molar-refractivity contribution is 5.24. The Balaban J connectivity index is 2.10. The van der Waals surface area contributed by atoms with Crippen LogP contribution in [0.1, 0.15) is 6.42 Å². The Morgan fingerprint density at radius 1 is 1.78 bits per heavy atom. The lowest BCUT2D eigenvalue weighted by Crippen LogP contribution is -2.47. The molecule has 1 saturated heterocycles. The van der Waals surface area contributed by atoms with Crippen LogP contribution in [-0.2, 0) is 0 Å². The van der Waals surface area contributed by atoms with Gasteiger partial charge in [0.1, 0.15) is 0 Å². The zero-order valence-corrected chi connectivity index (χ0v) is 5.72. The van der Waals surface area contributed by atoms with Gasteiger partial charge in [-0.1, -0.05) is 0 Å². The van der Waals surface area contributed by atoms with Gasteiger partial charge >= 0.3 is 0 Å². The lowest BCUT2D eigenvalue weighted by Gasteiger charge is -2.41. The van der Waals surface area contributed by atoms with Crippen LogP contribution in [0, 0.1) is 0 Å². The fourth-order valence-electron chi connectivity index (χ4n) is 1.64. The molecule has 1 fully saturated rings. The van der Waals surface area contributed by atoms with Crippen LogP contribution in [0.3, 0.4) is 0 Å². The summed E-state index contributed by atoms with van der Waals surface area (Å²) in [5, 5.41) is 3.34. The number of hydrogen-bond donors (Lipinski definition) is 1. The zero-order chi connectivity index (χ0) is 6.27. The molecule has 0 aromatic rings. The first-order chi connectivity index (χ1) is 4.38. The van der Waals surface area contributed by atoms with Gasteiger partial charge in [0.25, 0.3) is 0 Å². The van der Waals surface area contributed by atoms with Crippen molar-refractivity contribution in [3.8, 4) is 0 Å². The highest BCUT2D eigenvalue weighted by atomic mass is 15.2. The van der Waals surface area contributed by atoms with Gasteiger partial charge in [-0.25, -0.2) is 0 Å². The van der Waals surface area contributed by atoms with E-state index in [0.29, 0.717) is 0 Å². The van der Waals surface area contributed by atoms with Crippen LogP contribution < -0.4 is 5.32 Å². The van der Waals surface area contributed by atoms with E-state index in [2.05, 4.69) is 23.5 Å². The van der Waals surface area contributed by atoms with E-state index >= 15 is 0 Å². The van der Waals surface area contributed by atoms with Gasteiger partial charge in [-0.2, -0.15) is 0 Å². The van der Waals surface area contributed by atoms with Crippen molar-refractivity contribution in [1.82, 2.24) is 10.2 Å². The minimum atomic E-state index is 0.784. The normalized spacial score (nSPS) is 32.8. The molecule has 1 atom stereocenters. The first-order valence-corrected chi connectivity index (χ1v) is 3.51. The average Bonchev–Trinajstić information content (AvgIpc) is 1.86. The van der Waals surface area contributed by atoms with E-state index in [4.69, 9.17) is 0 Å². The molecule has 0 saturated carbocycles. The van der Waals surface area contributed by atoms with E-state index < -0.39 is 0 Å². The molecule has 2 nitrogen and oxygen atoms in total. The van der Waals surface area contributed by atoms with E-state index in [1.807, 2.05) is 0 Å². The van der Waals surface area contributed by atoms with E-state index in [1.54, 1.807) is 5.57 Å². The highest BCUT2D eigenvalue weighted by Gasteiger charge is 2.27. The van der Waals surface area contributed by atoms with Gasteiger partial charge in [0.2, 0.25) is 0 Å². The van der Waals surface area contributed by atoms with Crippen molar-refractivity contribution in [2.75, 3.05) is 20.1 Å². The maximum atomic E-state index is 3.34. The number of nitrogens with one attached hydrogen (secondary N) is 1. The van der Waals surface area contributed by atoms with Crippen molar-refractivity contribution < 1.29 is 0 Å². The van der Waals surface area contributed by atoms with Crippen LogP contribution in [0.25, 0.3) is 0 Å². The molecule has 0 radical (unpaired) electrons. The fourth-order valence-corrected chi connectivity index (χ4v) is 1.64. The molecule has 2 aliphatic heterocycles. The summed E-state index contributed by atoms with van der Waals surface area (Å²) in [6.07, 6.45) is 3.53. The molecular weight excluding hydrogens is 112 g/mol. The first kappa shape index (κ1) is 5.30. The molecule has 0 bridgehead atoms. The summed E-state index contributed by atoms with van der Waals surface area (Å²) in [5.74, 6) is 0. The predicted octanol–water partition coefficient (Wildman–Crippen LogP) is 0.178. The van der Waals surface area contributed by atoms with Gasteiger partial charge in [0.15, 0.2) is 0 Å². The minimum Gasteiger partial charge on any atom is -0.373 e. The van der Waals surface area contributed by atoms with Gasteiger partial charge in [0, 0.05) is 19.8 Å². The maximum Gasteiger partial charge on any atom is 0.0535 e. The Morgan fingerprint density at radius 3 is 3.22 bits per heavy atom. The van der Waals surface area contributed by atoms with Crippen molar-refractivity contribution >= 4 is 0 Å². The lowest BCUT2D eigenvalue weighted by molar-refractivity contribution is 0.265. The number of rotatable bonds is 0. The van der Waals surface area contributed by atoms with Crippen molar-refractivity contribution in [3.05, 3.63) is 11.8 Å². The molecule has 1 N–H and O–H groups in total. The quantitative estimate of drug-likeness (QED) is 0.495. The Morgan fingerprint density at radius 2 is 2.67 bits per heavy atom. The smallest absolute Gasteiger partial charge is 0.0535 e. The fraction of sp³-hybridized carbons (Fsp3) is 0.714. The summed E-state index contributed by atoms with van der Waals surface area (Å²) < 4.78 is 0. The lowest BCUT2D eigenvalue weighted by atomic mass is 9.94. The van der Waals surface area contributed by atoms with Crippen LogP contribution >= 0.6 is 0 Å². The number of piperidine rings is 1. The largest absolute Gasteiger partial charge is 0.373 e. The molecule has 0 aromatic heterocycles. The zero-order valence-electron chi connectivity index (χ0n) is 5.72. The molecule has 0 aromatic carbocycles. The second-order valence-corrected chi connectivity index (χ2v) is 2.85. The van der Waals surface area contributed by atoms with Crippen LogP contribution in [0.2, 0.25) is 0 Å². The van der Waals surface area contributed by atoms with Crippen molar-refractivity contribution in [2.45, 2.75) is 12.5 Å². The Bertz CT molecular complexity index is 151. The molecule has 1 unspecified atom stereocenters. The summed E-state index contributed by atoms with van der Waals surface area (Å²) in [6, 6.07) is 0.784. The first-order valence-electron chi connectivity index (χ1n) is 3.51. The van der Waals surface area contributed by atoms with Crippen LogP contribution in [0.5, 0.6) is 0 Å². The standard InChI is InChI=1S/C7H12N2/c1-9-5-6-4-8-3-2-7(6)9/h5,7-8H,2-4H2,1H3. The number of likely N-dealkylation sites (N-methyl/N-ethyl adjacent to an activating group) is 1. The summed E-state index contributed by atoms with van der Waals surface area (Å²) in [6.45, 7) is 2.31. The van der Waals surface area contributed by atoms with E-state index in [0.717, 1.165) is 12.6 Å². The second kappa shape index (κ2) is 1.74. The van der Waals surface area contributed by atoms with Gasteiger partial charge in [0.05, 0.1) is 6.04 Å². The third kappa shape index (κ3) is 0.663. The molecule has 2 heterocycles. The monoisotopic (exact) mass is 124 g/mol. The van der Waals surface area contributed by atoms with Gasteiger partial charge in [-0.05, 0) is 18.5 Å². The van der Waals surface area contributed by atoms with Crippen molar-refractivity contribution in [3.63, 3.8) is 0 Å². The summed E-state index contributed by atoms with van der Waals surface area (Å²) in [4.78, 5) is 2.30. The second-order valence-electron chi connectivity index (χ2n) is 2.85. The highest BCUT2D eigenvalue weighted by Crippen LogP contribution is 2.24. The number of fused-ring (bicyclic) bond motifs is 1. The average molecular weight is 124 g/mol. The SMILES string of the molecule is CN1C=C2CNCCC21. The summed E-state index contributed by atoms with van der Waals surface area (Å²) >= 11 is 0. The number of nitrogens with zero attached hydrogens (tertiary/aromatic N) is 1.